The van der Waals surface area contributed by atoms with Crippen molar-refractivity contribution in [1.82, 2.24) is 5.32 Å². The third-order valence-electron chi connectivity index (χ3n) is 3.41. The Labute approximate surface area is 153 Å². The van der Waals surface area contributed by atoms with Crippen LogP contribution in [0, 0.1) is 0 Å². The summed E-state index contributed by atoms with van der Waals surface area (Å²) in [4.78, 5) is 23.8. The molecule has 0 aliphatic heterocycles. The van der Waals surface area contributed by atoms with Gasteiger partial charge < -0.3 is 20.7 Å². The Bertz CT molecular complexity index is 802. The van der Waals surface area contributed by atoms with Gasteiger partial charge in [-0.05, 0) is 42.8 Å². The molecule has 0 aliphatic rings. The number of anilines is 2. The van der Waals surface area contributed by atoms with E-state index in [1.807, 2.05) is 31.2 Å². The first-order valence-electron chi connectivity index (χ1n) is 8.21. The van der Waals surface area contributed by atoms with Crippen LogP contribution in [0.25, 0.3) is 0 Å². The summed E-state index contributed by atoms with van der Waals surface area (Å²) in [5, 5.41) is 8.36. The molecule has 0 spiro atoms. The SMILES string of the molecule is C=C(C)COc1cccc(NCC(=O)Nc2cccc(C(=O)NC)c2)c1. The van der Waals surface area contributed by atoms with Gasteiger partial charge in [0.05, 0.1) is 6.54 Å². The molecule has 2 aromatic carbocycles. The van der Waals surface area contributed by atoms with E-state index in [4.69, 9.17) is 4.74 Å². The summed E-state index contributed by atoms with van der Waals surface area (Å²) < 4.78 is 5.58. The molecule has 0 saturated heterocycles. The highest BCUT2D eigenvalue weighted by molar-refractivity contribution is 5.98. The molecule has 0 saturated carbocycles. The lowest BCUT2D eigenvalue weighted by atomic mass is 10.2. The van der Waals surface area contributed by atoms with E-state index >= 15 is 0 Å². The summed E-state index contributed by atoms with van der Waals surface area (Å²) in [7, 11) is 1.56. The second kappa shape index (κ2) is 9.27. The maximum Gasteiger partial charge on any atom is 0.251 e. The number of amides is 2. The van der Waals surface area contributed by atoms with E-state index in [1.54, 1.807) is 31.3 Å². The highest BCUT2D eigenvalue weighted by atomic mass is 16.5. The van der Waals surface area contributed by atoms with E-state index in [0.717, 1.165) is 11.3 Å². The van der Waals surface area contributed by atoms with Crippen LogP contribution in [-0.2, 0) is 4.79 Å². The van der Waals surface area contributed by atoms with E-state index in [-0.39, 0.29) is 18.4 Å². The molecule has 0 heterocycles. The van der Waals surface area contributed by atoms with Gasteiger partial charge in [0.15, 0.2) is 0 Å². The summed E-state index contributed by atoms with van der Waals surface area (Å²) in [6.07, 6.45) is 0. The van der Waals surface area contributed by atoms with Gasteiger partial charge in [0, 0.05) is 30.1 Å². The maximum absolute atomic E-state index is 12.1. The maximum atomic E-state index is 12.1. The van der Waals surface area contributed by atoms with E-state index in [1.165, 1.54) is 0 Å². The van der Waals surface area contributed by atoms with Gasteiger partial charge >= 0.3 is 0 Å². The number of carbonyl (C=O) groups is 2. The molecular formula is C20H23N3O3. The predicted molar refractivity (Wildman–Crippen MR) is 104 cm³/mol. The minimum Gasteiger partial charge on any atom is -0.489 e. The van der Waals surface area contributed by atoms with Gasteiger partial charge in [0.1, 0.15) is 12.4 Å². The molecule has 2 aromatic rings. The van der Waals surface area contributed by atoms with Crippen LogP contribution in [0.1, 0.15) is 17.3 Å². The average Bonchev–Trinajstić information content (AvgIpc) is 2.64. The number of carbonyl (C=O) groups excluding carboxylic acids is 2. The molecule has 2 rings (SSSR count). The van der Waals surface area contributed by atoms with E-state index in [2.05, 4.69) is 22.5 Å². The number of hydrogen-bond donors (Lipinski definition) is 3. The monoisotopic (exact) mass is 353 g/mol. The highest BCUT2D eigenvalue weighted by Gasteiger charge is 2.07. The van der Waals surface area contributed by atoms with Gasteiger partial charge in [-0.25, -0.2) is 0 Å². The van der Waals surface area contributed by atoms with E-state index < -0.39 is 0 Å². The Kier molecular flexibility index (Phi) is 6.79. The number of rotatable bonds is 8. The van der Waals surface area contributed by atoms with Crippen molar-refractivity contribution >= 4 is 23.2 Å². The molecule has 3 N–H and O–H groups in total. The quantitative estimate of drug-likeness (QED) is 0.637. The molecule has 0 fully saturated rings. The smallest absolute Gasteiger partial charge is 0.251 e. The third kappa shape index (κ3) is 5.98. The standard InChI is InChI=1S/C20H23N3O3/c1-14(2)13-26-18-9-5-7-16(11-18)22-12-19(24)23-17-8-4-6-15(10-17)20(25)21-3/h4-11,22H,1,12-13H2,2-3H3,(H,21,25)(H,23,24). The van der Waals surface area contributed by atoms with Crippen molar-refractivity contribution < 1.29 is 14.3 Å². The van der Waals surface area contributed by atoms with Crippen molar-refractivity contribution in [3.8, 4) is 5.75 Å². The zero-order valence-corrected chi connectivity index (χ0v) is 15.0. The number of hydrogen-bond acceptors (Lipinski definition) is 4. The molecule has 136 valence electrons. The molecule has 6 heteroatoms. The first-order valence-corrected chi connectivity index (χ1v) is 8.21. The first-order chi connectivity index (χ1) is 12.5. The van der Waals surface area contributed by atoms with Crippen LogP contribution in [0.4, 0.5) is 11.4 Å². The first kappa shape index (κ1) is 19.1. The van der Waals surface area contributed by atoms with Crippen LogP contribution in [0.5, 0.6) is 5.75 Å². The zero-order valence-electron chi connectivity index (χ0n) is 15.0. The molecule has 0 aromatic heterocycles. The topological polar surface area (TPSA) is 79.5 Å². The van der Waals surface area contributed by atoms with Crippen molar-refractivity contribution in [3.05, 3.63) is 66.2 Å². The fourth-order valence-corrected chi connectivity index (χ4v) is 2.17. The van der Waals surface area contributed by atoms with Crippen molar-refractivity contribution in [2.45, 2.75) is 6.92 Å². The molecule has 6 nitrogen and oxygen atoms in total. The van der Waals surface area contributed by atoms with E-state index in [9.17, 15) is 9.59 Å². The molecule has 0 atom stereocenters. The molecule has 26 heavy (non-hydrogen) atoms. The Hall–Kier alpha value is -3.28. The number of benzene rings is 2. The molecule has 2 amide bonds. The van der Waals surface area contributed by atoms with Crippen molar-refractivity contribution in [1.29, 1.82) is 0 Å². The number of nitrogens with one attached hydrogen (secondary N) is 3. The summed E-state index contributed by atoms with van der Waals surface area (Å²) in [6, 6.07) is 14.1. The van der Waals surface area contributed by atoms with Gasteiger partial charge in [0.2, 0.25) is 5.91 Å². The summed E-state index contributed by atoms with van der Waals surface area (Å²) in [5.41, 5.74) is 2.76. The highest BCUT2D eigenvalue weighted by Crippen LogP contribution is 2.18. The van der Waals surface area contributed by atoms with Crippen molar-refractivity contribution in [3.63, 3.8) is 0 Å². The van der Waals surface area contributed by atoms with Gasteiger partial charge in [-0.15, -0.1) is 0 Å². The minimum atomic E-state index is -0.215. The average molecular weight is 353 g/mol. The Morgan fingerprint density at radius 1 is 1.08 bits per heavy atom. The van der Waals surface area contributed by atoms with Crippen LogP contribution in [0.3, 0.4) is 0 Å². The van der Waals surface area contributed by atoms with Gasteiger partial charge in [0.25, 0.3) is 5.91 Å². The largest absolute Gasteiger partial charge is 0.489 e. The Balaban J connectivity index is 1.90. The van der Waals surface area contributed by atoms with Gasteiger partial charge in [-0.3, -0.25) is 9.59 Å². The molecule has 0 radical (unpaired) electrons. The van der Waals surface area contributed by atoms with Crippen LogP contribution in [0.2, 0.25) is 0 Å². The lowest BCUT2D eigenvalue weighted by Crippen LogP contribution is -2.22. The molecule has 0 bridgehead atoms. The molecule has 0 unspecified atom stereocenters. The Morgan fingerprint density at radius 3 is 2.54 bits per heavy atom. The summed E-state index contributed by atoms with van der Waals surface area (Å²) in [6.45, 7) is 6.23. The summed E-state index contributed by atoms with van der Waals surface area (Å²) in [5.74, 6) is 0.287. The molecule has 0 aliphatic carbocycles. The van der Waals surface area contributed by atoms with Crippen molar-refractivity contribution in [2.75, 3.05) is 30.8 Å². The number of ether oxygens (including phenoxy) is 1. The van der Waals surface area contributed by atoms with Crippen LogP contribution in [-0.4, -0.2) is 32.0 Å². The van der Waals surface area contributed by atoms with Crippen LogP contribution >= 0.6 is 0 Å². The van der Waals surface area contributed by atoms with Gasteiger partial charge in [-0.1, -0.05) is 18.7 Å². The lowest BCUT2D eigenvalue weighted by molar-refractivity contribution is -0.114. The second-order valence-corrected chi connectivity index (χ2v) is 5.84. The lowest BCUT2D eigenvalue weighted by Gasteiger charge is -2.11. The second-order valence-electron chi connectivity index (χ2n) is 5.84. The zero-order chi connectivity index (χ0) is 18.9. The van der Waals surface area contributed by atoms with Crippen molar-refractivity contribution in [2.24, 2.45) is 0 Å². The third-order valence-corrected chi connectivity index (χ3v) is 3.41. The normalized spacial score (nSPS) is 9.92. The fraction of sp³-hybridized carbons (Fsp3) is 0.200. The predicted octanol–water partition coefficient (Wildman–Crippen LogP) is 3.05. The summed E-state index contributed by atoms with van der Waals surface area (Å²) >= 11 is 0. The Morgan fingerprint density at radius 2 is 1.81 bits per heavy atom. The minimum absolute atomic E-state index is 0.0914. The van der Waals surface area contributed by atoms with Crippen LogP contribution < -0.4 is 20.7 Å². The van der Waals surface area contributed by atoms with E-state index in [0.29, 0.717) is 23.6 Å². The van der Waals surface area contributed by atoms with Crippen LogP contribution in [0.15, 0.2) is 60.7 Å². The van der Waals surface area contributed by atoms with Gasteiger partial charge in [-0.2, -0.15) is 0 Å². The molecular weight excluding hydrogens is 330 g/mol. The fourth-order valence-electron chi connectivity index (χ4n) is 2.17.